The number of ether oxygens (including phenoxy) is 1. The molecule has 7 nitrogen and oxygen atoms in total. The highest BCUT2D eigenvalue weighted by molar-refractivity contribution is 7.89. The van der Waals surface area contributed by atoms with Crippen LogP contribution in [-0.4, -0.2) is 38.7 Å². The van der Waals surface area contributed by atoms with Crippen molar-refractivity contribution in [3.63, 3.8) is 0 Å². The molecule has 0 amide bonds. The summed E-state index contributed by atoms with van der Waals surface area (Å²) in [7, 11) is -3.76. The summed E-state index contributed by atoms with van der Waals surface area (Å²) < 4.78 is 36.9. The Balaban J connectivity index is 2.00. The summed E-state index contributed by atoms with van der Waals surface area (Å²) in [6, 6.07) is 1.02. The van der Waals surface area contributed by atoms with Gasteiger partial charge >= 0.3 is 5.97 Å². The van der Waals surface area contributed by atoms with Gasteiger partial charge in [-0.05, 0) is 26.2 Å². The molecule has 0 aliphatic carbocycles. The molecule has 2 rings (SSSR count). The van der Waals surface area contributed by atoms with E-state index in [-0.39, 0.29) is 29.1 Å². The van der Waals surface area contributed by atoms with Crippen molar-refractivity contribution >= 4 is 16.0 Å². The molecule has 1 atom stereocenters. The molecule has 0 aromatic carbocycles. The average molecular weight is 303 g/mol. The van der Waals surface area contributed by atoms with Gasteiger partial charge in [-0.3, -0.25) is 0 Å². The van der Waals surface area contributed by atoms with Crippen LogP contribution in [0.5, 0.6) is 0 Å². The van der Waals surface area contributed by atoms with Crippen LogP contribution in [0.15, 0.2) is 15.4 Å². The van der Waals surface area contributed by atoms with Crippen LogP contribution < -0.4 is 4.72 Å². The molecule has 2 heterocycles. The molecular weight excluding hydrogens is 286 g/mol. The van der Waals surface area contributed by atoms with E-state index in [0.29, 0.717) is 6.42 Å². The Morgan fingerprint density at radius 2 is 2.30 bits per heavy atom. The summed E-state index contributed by atoms with van der Waals surface area (Å²) in [5, 5.41) is 8.78. The third-order valence-corrected chi connectivity index (χ3v) is 4.72. The van der Waals surface area contributed by atoms with Gasteiger partial charge in [0.05, 0.1) is 6.10 Å². The molecule has 0 spiro atoms. The van der Waals surface area contributed by atoms with E-state index in [1.54, 1.807) is 0 Å². The van der Waals surface area contributed by atoms with E-state index in [0.717, 1.165) is 25.5 Å². The van der Waals surface area contributed by atoms with Crippen molar-refractivity contribution in [1.82, 2.24) is 4.72 Å². The molecule has 1 saturated heterocycles. The van der Waals surface area contributed by atoms with E-state index in [9.17, 15) is 13.2 Å². The van der Waals surface area contributed by atoms with Crippen LogP contribution >= 0.6 is 0 Å². The zero-order chi connectivity index (χ0) is 14.8. The summed E-state index contributed by atoms with van der Waals surface area (Å²) in [6.07, 6.45) is 2.63. The fraction of sp³-hybridized carbons (Fsp3) is 0.583. The highest BCUT2D eigenvalue weighted by atomic mass is 32.2. The summed E-state index contributed by atoms with van der Waals surface area (Å²) in [5.74, 6) is -1.62. The summed E-state index contributed by atoms with van der Waals surface area (Å²) in [4.78, 5) is 10.6. The minimum Gasteiger partial charge on any atom is -0.475 e. The quantitative estimate of drug-likeness (QED) is 0.816. The lowest BCUT2D eigenvalue weighted by molar-refractivity contribution is 0.0661. The van der Waals surface area contributed by atoms with Crippen molar-refractivity contribution < 1.29 is 27.5 Å². The number of carbonyl (C=O) groups is 1. The van der Waals surface area contributed by atoms with E-state index in [1.165, 1.54) is 6.92 Å². The highest BCUT2D eigenvalue weighted by Gasteiger charge is 2.24. The smallest absolute Gasteiger partial charge is 0.371 e. The van der Waals surface area contributed by atoms with Gasteiger partial charge in [0.25, 0.3) is 0 Å². The second-order valence-corrected chi connectivity index (χ2v) is 6.39. The van der Waals surface area contributed by atoms with Crippen LogP contribution in [0.4, 0.5) is 0 Å². The van der Waals surface area contributed by atoms with Gasteiger partial charge in [-0.15, -0.1) is 0 Å². The Labute approximate surface area is 117 Å². The molecule has 0 bridgehead atoms. The van der Waals surface area contributed by atoms with Gasteiger partial charge in [-0.25, -0.2) is 17.9 Å². The average Bonchev–Trinajstić information content (AvgIpc) is 2.98. The number of hydrogen-bond acceptors (Lipinski definition) is 5. The zero-order valence-electron chi connectivity index (χ0n) is 11.1. The molecular formula is C12H17NO6S. The van der Waals surface area contributed by atoms with Crippen LogP contribution in [0.25, 0.3) is 0 Å². The lowest BCUT2D eigenvalue weighted by Crippen LogP contribution is -2.27. The standard InChI is InChI=1S/C12H17NO6S/c1-8-11(7-10(19-8)12(14)15)20(16,17)13-5-4-9-3-2-6-18-9/h7,9,13H,2-6H2,1H3,(H,14,15). The molecule has 1 aromatic rings. The molecule has 1 aliphatic heterocycles. The fourth-order valence-electron chi connectivity index (χ4n) is 2.14. The summed E-state index contributed by atoms with van der Waals surface area (Å²) >= 11 is 0. The third-order valence-electron chi connectivity index (χ3n) is 3.15. The van der Waals surface area contributed by atoms with Crippen LogP contribution in [0.1, 0.15) is 35.6 Å². The largest absolute Gasteiger partial charge is 0.475 e. The van der Waals surface area contributed by atoms with E-state index >= 15 is 0 Å². The van der Waals surface area contributed by atoms with Gasteiger partial charge in [0.1, 0.15) is 10.7 Å². The Morgan fingerprint density at radius 3 is 2.85 bits per heavy atom. The van der Waals surface area contributed by atoms with Crippen LogP contribution in [0.3, 0.4) is 0 Å². The Morgan fingerprint density at radius 1 is 1.55 bits per heavy atom. The van der Waals surface area contributed by atoms with E-state index in [2.05, 4.69) is 4.72 Å². The fourth-order valence-corrected chi connectivity index (χ4v) is 3.37. The number of aryl methyl sites for hydroxylation is 1. The first-order valence-corrected chi connectivity index (χ1v) is 7.83. The maximum absolute atomic E-state index is 12.1. The van der Waals surface area contributed by atoms with E-state index in [1.807, 2.05) is 0 Å². The van der Waals surface area contributed by atoms with Crippen LogP contribution in [0, 0.1) is 6.92 Å². The van der Waals surface area contributed by atoms with Crippen LogP contribution in [-0.2, 0) is 14.8 Å². The number of aromatic carboxylic acids is 1. The number of hydrogen-bond donors (Lipinski definition) is 2. The van der Waals surface area contributed by atoms with Crippen LogP contribution in [0.2, 0.25) is 0 Å². The van der Waals surface area contributed by atoms with E-state index in [4.69, 9.17) is 14.3 Å². The molecule has 8 heteroatoms. The number of sulfonamides is 1. The first-order chi connectivity index (χ1) is 9.40. The highest BCUT2D eigenvalue weighted by Crippen LogP contribution is 2.20. The Hall–Kier alpha value is -1.38. The second-order valence-electron chi connectivity index (χ2n) is 4.66. The molecule has 1 unspecified atom stereocenters. The van der Waals surface area contributed by atoms with E-state index < -0.39 is 16.0 Å². The molecule has 1 aliphatic rings. The number of carboxylic acids is 1. The van der Waals surface area contributed by atoms with Crippen molar-refractivity contribution in [3.8, 4) is 0 Å². The first kappa shape index (κ1) is 15.0. The van der Waals surface area contributed by atoms with Crippen molar-refractivity contribution in [2.45, 2.75) is 37.2 Å². The number of nitrogens with one attached hydrogen (secondary N) is 1. The minimum absolute atomic E-state index is 0.0621. The monoisotopic (exact) mass is 303 g/mol. The van der Waals surface area contributed by atoms with Gasteiger partial charge in [-0.1, -0.05) is 0 Å². The van der Waals surface area contributed by atoms with Crippen molar-refractivity contribution in [2.24, 2.45) is 0 Å². The van der Waals surface area contributed by atoms with Gasteiger partial charge < -0.3 is 14.3 Å². The number of furan rings is 1. The lowest BCUT2D eigenvalue weighted by atomic mass is 10.2. The summed E-state index contributed by atoms with van der Waals surface area (Å²) in [6.45, 7) is 2.39. The Kier molecular flexibility index (Phi) is 4.46. The van der Waals surface area contributed by atoms with Gasteiger partial charge in [0, 0.05) is 19.2 Å². The summed E-state index contributed by atoms with van der Waals surface area (Å²) in [5.41, 5.74) is 0. The topological polar surface area (TPSA) is 106 Å². The lowest BCUT2D eigenvalue weighted by Gasteiger charge is -2.10. The zero-order valence-corrected chi connectivity index (χ0v) is 11.9. The molecule has 0 radical (unpaired) electrons. The first-order valence-electron chi connectivity index (χ1n) is 6.35. The SMILES string of the molecule is Cc1oc(C(=O)O)cc1S(=O)(=O)NCCC1CCCO1. The minimum atomic E-state index is -3.76. The second kappa shape index (κ2) is 5.94. The molecule has 112 valence electrons. The molecule has 20 heavy (non-hydrogen) atoms. The maximum Gasteiger partial charge on any atom is 0.371 e. The molecule has 2 N–H and O–H groups in total. The maximum atomic E-state index is 12.1. The number of carboxylic acid groups (broad SMARTS) is 1. The predicted molar refractivity (Wildman–Crippen MR) is 69.2 cm³/mol. The van der Waals surface area contributed by atoms with Crippen molar-refractivity contribution in [2.75, 3.05) is 13.2 Å². The Bertz CT molecular complexity index is 585. The third kappa shape index (κ3) is 3.38. The molecule has 0 saturated carbocycles. The van der Waals surface area contributed by atoms with Gasteiger partial charge in [0.2, 0.25) is 15.8 Å². The van der Waals surface area contributed by atoms with Gasteiger partial charge in [0.15, 0.2) is 0 Å². The van der Waals surface area contributed by atoms with Gasteiger partial charge in [-0.2, -0.15) is 0 Å². The van der Waals surface area contributed by atoms with Crippen molar-refractivity contribution in [3.05, 3.63) is 17.6 Å². The normalized spacial score (nSPS) is 19.4. The van der Waals surface area contributed by atoms with Crippen molar-refractivity contribution in [1.29, 1.82) is 0 Å². The molecule has 1 fully saturated rings. The predicted octanol–water partition coefficient (Wildman–Crippen LogP) is 1.13. The molecule has 1 aromatic heterocycles. The number of rotatable bonds is 6.